The zero-order valence-corrected chi connectivity index (χ0v) is 17.8. The highest BCUT2D eigenvalue weighted by Crippen LogP contribution is 2.30. The summed E-state index contributed by atoms with van der Waals surface area (Å²) >= 11 is 0. The van der Waals surface area contributed by atoms with E-state index in [9.17, 15) is 9.59 Å². The molecule has 0 saturated carbocycles. The highest BCUT2D eigenvalue weighted by molar-refractivity contribution is 5.95. The van der Waals surface area contributed by atoms with Gasteiger partial charge in [0.1, 0.15) is 0 Å². The summed E-state index contributed by atoms with van der Waals surface area (Å²) in [5.74, 6) is 1.32. The van der Waals surface area contributed by atoms with Crippen molar-refractivity contribution in [2.45, 2.75) is 25.9 Å². The standard InChI is InChI=1S/C22H27NO7/c1-14(22(25)23-16-8-10-18(27-3)20(13-16)29-5)30-21(24)11-7-15-6-9-17(26-2)19(12-15)28-4/h6,8-10,12-14H,7,11H2,1-5H3,(H,23,25)/t14-/m0/s1. The highest BCUT2D eigenvalue weighted by atomic mass is 16.5. The number of carbonyl (C=O) groups is 2. The molecule has 0 unspecified atom stereocenters. The highest BCUT2D eigenvalue weighted by Gasteiger charge is 2.19. The normalized spacial score (nSPS) is 11.2. The first-order chi connectivity index (χ1) is 14.4. The Morgan fingerprint density at radius 1 is 0.833 bits per heavy atom. The third kappa shape index (κ3) is 6.04. The fourth-order valence-corrected chi connectivity index (χ4v) is 2.75. The second-order valence-electron chi connectivity index (χ2n) is 6.38. The molecule has 1 N–H and O–H groups in total. The molecule has 0 aromatic heterocycles. The van der Waals surface area contributed by atoms with Gasteiger partial charge in [-0.25, -0.2) is 0 Å². The lowest BCUT2D eigenvalue weighted by atomic mass is 10.1. The Hall–Kier alpha value is -3.42. The third-order valence-electron chi connectivity index (χ3n) is 4.39. The average Bonchev–Trinajstić information content (AvgIpc) is 2.77. The van der Waals surface area contributed by atoms with Crippen LogP contribution in [0.1, 0.15) is 18.9 Å². The first-order valence-electron chi connectivity index (χ1n) is 9.35. The number of benzene rings is 2. The van der Waals surface area contributed by atoms with E-state index in [-0.39, 0.29) is 6.42 Å². The second-order valence-corrected chi connectivity index (χ2v) is 6.38. The van der Waals surface area contributed by atoms with Gasteiger partial charge in [0.25, 0.3) is 5.91 Å². The number of rotatable bonds is 10. The fourth-order valence-electron chi connectivity index (χ4n) is 2.75. The molecule has 0 aliphatic rings. The number of ether oxygens (including phenoxy) is 5. The lowest BCUT2D eigenvalue weighted by molar-refractivity contribution is -0.153. The van der Waals surface area contributed by atoms with Crippen molar-refractivity contribution in [2.24, 2.45) is 0 Å². The first kappa shape index (κ1) is 22.9. The van der Waals surface area contributed by atoms with Gasteiger partial charge in [0, 0.05) is 18.2 Å². The number of hydrogen-bond donors (Lipinski definition) is 1. The summed E-state index contributed by atoms with van der Waals surface area (Å²) in [6.45, 7) is 1.52. The van der Waals surface area contributed by atoms with Gasteiger partial charge >= 0.3 is 5.97 Å². The Balaban J connectivity index is 1.88. The van der Waals surface area contributed by atoms with Crippen LogP contribution in [0.3, 0.4) is 0 Å². The van der Waals surface area contributed by atoms with Gasteiger partial charge in [0.2, 0.25) is 0 Å². The predicted molar refractivity (Wildman–Crippen MR) is 112 cm³/mol. The van der Waals surface area contributed by atoms with Gasteiger partial charge in [-0.05, 0) is 43.2 Å². The van der Waals surface area contributed by atoms with Crippen LogP contribution in [0.5, 0.6) is 23.0 Å². The maximum atomic E-state index is 12.3. The molecule has 0 heterocycles. The van der Waals surface area contributed by atoms with Gasteiger partial charge in [0.15, 0.2) is 29.1 Å². The number of aryl methyl sites for hydroxylation is 1. The molecule has 162 valence electrons. The molecule has 0 aliphatic carbocycles. The second kappa shape index (κ2) is 10.9. The number of nitrogens with one attached hydrogen (secondary N) is 1. The maximum Gasteiger partial charge on any atom is 0.306 e. The van der Waals surface area contributed by atoms with Crippen LogP contribution >= 0.6 is 0 Å². The lowest BCUT2D eigenvalue weighted by Crippen LogP contribution is -2.30. The van der Waals surface area contributed by atoms with Crippen molar-refractivity contribution in [3.05, 3.63) is 42.0 Å². The van der Waals surface area contributed by atoms with E-state index >= 15 is 0 Å². The van der Waals surface area contributed by atoms with Crippen LogP contribution in [0.4, 0.5) is 5.69 Å². The van der Waals surface area contributed by atoms with E-state index in [4.69, 9.17) is 23.7 Å². The molecule has 0 aliphatic heterocycles. The van der Waals surface area contributed by atoms with Crippen LogP contribution in [0.15, 0.2) is 36.4 Å². The molecule has 2 aromatic rings. The smallest absolute Gasteiger partial charge is 0.306 e. The monoisotopic (exact) mass is 417 g/mol. The van der Waals surface area contributed by atoms with Crippen molar-refractivity contribution in [1.82, 2.24) is 0 Å². The summed E-state index contributed by atoms with van der Waals surface area (Å²) in [6.07, 6.45) is -0.372. The largest absolute Gasteiger partial charge is 0.493 e. The van der Waals surface area contributed by atoms with Crippen molar-refractivity contribution in [2.75, 3.05) is 33.8 Å². The molecular formula is C22H27NO7. The van der Waals surface area contributed by atoms with Crippen LogP contribution in [-0.4, -0.2) is 46.4 Å². The van der Waals surface area contributed by atoms with E-state index < -0.39 is 18.0 Å². The van der Waals surface area contributed by atoms with Gasteiger partial charge in [-0.3, -0.25) is 9.59 Å². The molecule has 1 atom stereocenters. The van der Waals surface area contributed by atoms with E-state index in [1.54, 1.807) is 44.6 Å². The van der Waals surface area contributed by atoms with Crippen molar-refractivity contribution in [3.63, 3.8) is 0 Å². The molecule has 1 amide bonds. The summed E-state index contributed by atoms with van der Waals surface area (Å²) in [6, 6.07) is 10.4. The average molecular weight is 417 g/mol. The van der Waals surface area contributed by atoms with Gasteiger partial charge < -0.3 is 29.0 Å². The van der Waals surface area contributed by atoms with E-state index in [1.165, 1.54) is 21.1 Å². The molecule has 8 nitrogen and oxygen atoms in total. The van der Waals surface area contributed by atoms with Crippen LogP contribution in [0.25, 0.3) is 0 Å². The molecule has 2 aromatic carbocycles. The Morgan fingerprint density at radius 2 is 1.40 bits per heavy atom. The van der Waals surface area contributed by atoms with Gasteiger partial charge in [0.05, 0.1) is 28.4 Å². The van der Waals surface area contributed by atoms with Crippen LogP contribution in [0, 0.1) is 0 Å². The van der Waals surface area contributed by atoms with Crippen LogP contribution in [-0.2, 0) is 20.7 Å². The van der Waals surface area contributed by atoms with Crippen molar-refractivity contribution < 1.29 is 33.3 Å². The van der Waals surface area contributed by atoms with Crippen molar-refractivity contribution >= 4 is 17.6 Å². The minimum atomic E-state index is -0.948. The number of esters is 1. The van der Waals surface area contributed by atoms with Crippen molar-refractivity contribution in [1.29, 1.82) is 0 Å². The molecule has 0 saturated heterocycles. The molecule has 0 radical (unpaired) electrons. The quantitative estimate of drug-likeness (QED) is 0.594. The minimum Gasteiger partial charge on any atom is -0.493 e. The van der Waals surface area contributed by atoms with Gasteiger partial charge in [-0.15, -0.1) is 0 Å². The summed E-state index contributed by atoms with van der Waals surface area (Å²) < 4.78 is 26.1. The van der Waals surface area contributed by atoms with Gasteiger partial charge in [-0.2, -0.15) is 0 Å². The molecular weight excluding hydrogens is 390 g/mol. The Bertz CT molecular complexity index is 882. The number of hydrogen-bond acceptors (Lipinski definition) is 7. The minimum absolute atomic E-state index is 0.128. The molecule has 2 rings (SSSR count). The third-order valence-corrected chi connectivity index (χ3v) is 4.39. The summed E-state index contributed by atoms with van der Waals surface area (Å²) in [4.78, 5) is 24.5. The van der Waals surface area contributed by atoms with E-state index in [1.807, 2.05) is 6.07 Å². The summed E-state index contributed by atoms with van der Waals surface area (Å²) in [7, 11) is 6.14. The Labute approximate surface area is 176 Å². The van der Waals surface area contributed by atoms with E-state index in [0.29, 0.717) is 35.1 Å². The van der Waals surface area contributed by atoms with Crippen molar-refractivity contribution in [3.8, 4) is 23.0 Å². The fraction of sp³-hybridized carbons (Fsp3) is 0.364. The first-order valence-corrected chi connectivity index (χ1v) is 9.35. The Morgan fingerprint density at radius 3 is 2.00 bits per heavy atom. The van der Waals surface area contributed by atoms with Crippen LogP contribution < -0.4 is 24.3 Å². The lowest BCUT2D eigenvalue weighted by Gasteiger charge is -2.15. The zero-order valence-electron chi connectivity index (χ0n) is 17.8. The molecule has 0 fully saturated rings. The summed E-state index contributed by atoms with van der Waals surface area (Å²) in [5.41, 5.74) is 1.40. The number of carbonyl (C=O) groups excluding carboxylic acids is 2. The maximum absolute atomic E-state index is 12.3. The topological polar surface area (TPSA) is 92.3 Å². The zero-order chi connectivity index (χ0) is 22.1. The number of anilines is 1. The van der Waals surface area contributed by atoms with E-state index in [2.05, 4.69) is 5.32 Å². The van der Waals surface area contributed by atoms with E-state index in [0.717, 1.165) is 5.56 Å². The predicted octanol–water partition coefficient (Wildman–Crippen LogP) is 3.22. The number of amides is 1. The van der Waals surface area contributed by atoms with Crippen LogP contribution in [0.2, 0.25) is 0 Å². The molecule has 0 bridgehead atoms. The molecule has 0 spiro atoms. The van der Waals surface area contributed by atoms with Gasteiger partial charge in [-0.1, -0.05) is 6.07 Å². The summed E-state index contributed by atoms with van der Waals surface area (Å²) in [5, 5.41) is 2.69. The Kier molecular flexibility index (Phi) is 8.34. The SMILES string of the molecule is COc1ccc(CCC(=O)O[C@@H](C)C(=O)Nc2ccc(OC)c(OC)c2)cc1OC. The molecule has 8 heteroatoms. The molecule has 30 heavy (non-hydrogen) atoms. The number of methoxy groups -OCH3 is 4.